The molecule has 0 amide bonds. The Labute approximate surface area is 184 Å². The van der Waals surface area contributed by atoms with Crippen molar-refractivity contribution in [3.8, 4) is 5.75 Å². The highest BCUT2D eigenvalue weighted by Crippen LogP contribution is 2.18. The van der Waals surface area contributed by atoms with Crippen LogP contribution < -0.4 is 10.1 Å². The number of likely N-dealkylation sites (tertiary alicyclic amines) is 1. The lowest BCUT2D eigenvalue weighted by atomic mass is 10.1. The van der Waals surface area contributed by atoms with E-state index in [2.05, 4.69) is 20.1 Å². The summed E-state index contributed by atoms with van der Waals surface area (Å²) in [6.07, 6.45) is 1.15. The molecule has 2 unspecified atom stereocenters. The van der Waals surface area contributed by atoms with Crippen molar-refractivity contribution in [2.24, 2.45) is 10.9 Å². The Morgan fingerprint density at radius 3 is 2.68 bits per heavy atom. The summed E-state index contributed by atoms with van der Waals surface area (Å²) in [5.74, 6) is 2.02. The highest BCUT2D eigenvalue weighted by molar-refractivity contribution is 14.0. The first-order valence-electron chi connectivity index (χ1n) is 9.82. The van der Waals surface area contributed by atoms with Gasteiger partial charge in [-0.15, -0.1) is 24.0 Å². The number of aliphatic imine (C=N–C) groups is 1. The van der Waals surface area contributed by atoms with Gasteiger partial charge in [0.2, 0.25) is 0 Å². The number of benzene rings is 1. The maximum atomic E-state index is 13.0. The number of nitrogens with zero attached hydrogens (tertiary/aromatic N) is 3. The number of ether oxygens (including phenoxy) is 2. The Morgan fingerprint density at radius 2 is 2.00 bits per heavy atom. The van der Waals surface area contributed by atoms with Crippen molar-refractivity contribution >= 4 is 29.9 Å². The van der Waals surface area contributed by atoms with E-state index in [0.717, 1.165) is 51.9 Å². The zero-order valence-corrected chi connectivity index (χ0v) is 19.1. The molecule has 0 spiro atoms. The summed E-state index contributed by atoms with van der Waals surface area (Å²) < 4.78 is 24.2. The SMILES string of the molecule is CN=C(NCC(C)Oc1ccc(F)cc1)N1CCC(CN2CCOCC2)C1.I. The van der Waals surface area contributed by atoms with Gasteiger partial charge in [-0.2, -0.15) is 0 Å². The molecule has 3 rings (SSSR count). The summed E-state index contributed by atoms with van der Waals surface area (Å²) in [6, 6.07) is 6.12. The van der Waals surface area contributed by atoms with Crippen molar-refractivity contribution in [1.82, 2.24) is 15.1 Å². The molecule has 2 atom stereocenters. The summed E-state index contributed by atoms with van der Waals surface area (Å²) in [7, 11) is 1.82. The number of nitrogens with one attached hydrogen (secondary N) is 1. The molecular formula is C20H32FIN4O2. The van der Waals surface area contributed by atoms with Crippen LogP contribution in [-0.4, -0.2) is 81.4 Å². The Morgan fingerprint density at radius 1 is 1.29 bits per heavy atom. The van der Waals surface area contributed by atoms with Crippen LogP contribution >= 0.6 is 24.0 Å². The van der Waals surface area contributed by atoms with Crippen LogP contribution in [0, 0.1) is 11.7 Å². The molecule has 0 saturated carbocycles. The molecule has 1 aromatic rings. The minimum Gasteiger partial charge on any atom is -0.489 e. The smallest absolute Gasteiger partial charge is 0.193 e. The second kappa shape index (κ2) is 11.8. The maximum absolute atomic E-state index is 13.0. The molecule has 2 fully saturated rings. The van der Waals surface area contributed by atoms with Gasteiger partial charge in [-0.3, -0.25) is 9.89 Å². The van der Waals surface area contributed by atoms with Gasteiger partial charge in [0.1, 0.15) is 17.7 Å². The van der Waals surface area contributed by atoms with E-state index in [9.17, 15) is 4.39 Å². The van der Waals surface area contributed by atoms with Crippen LogP contribution in [0.15, 0.2) is 29.3 Å². The number of rotatable bonds is 6. The van der Waals surface area contributed by atoms with Crippen LogP contribution in [0.25, 0.3) is 0 Å². The van der Waals surface area contributed by atoms with Gasteiger partial charge in [-0.1, -0.05) is 0 Å². The molecule has 2 saturated heterocycles. The number of guanidine groups is 1. The molecule has 8 heteroatoms. The highest BCUT2D eigenvalue weighted by Gasteiger charge is 2.27. The zero-order chi connectivity index (χ0) is 19.1. The van der Waals surface area contributed by atoms with Crippen molar-refractivity contribution in [1.29, 1.82) is 0 Å². The molecule has 0 bridgehead atoms. The summed E-state index contributed by atoms with van der Waals surface area (Å²) in [4.78, 5) is 9.27. The highest BCUT2D eigenvalue weighted by atomic mass is 127. The van der Waals surface area contributed by atoms with Gasteiger partial charge in [0, 0.05) is 39.8 Å². The largest absolute Gasteiger partial charge is 0.489 e. The lowest BCUT2D eigenvalue weighted by Crippen LogP contribution is -2.44. The van der Waals surface area contributed by atoms with Crippen LogP contribution in [-0.2, 0) is 4.74 Å². The fraction of sp³-hybridized carbons (Fsp3) is 0.650. The van der Waals surface area contributed by atoms with Gasteiger partial charge >= 0.3 is 0 Å². The molecule has 1 aromatic carbocycles. The zero-order valence-electron chi connectivity index (χ0n) is 16.8. The molecule has 2 aliphatic heterocycles. The van der Waals surface area contributed by atoms with Gasteiger partial charge in [0.15, 0.2) is 5.96 Å². The summed E-state index contributed by atoms with van der Waals surface area (Å²) in [5.41, 5.74) is 0. The van der Waals surface area contributed by atoms with E-state index < -0.39 is 0 Å². The van der Waals surface area contributed by atoms with Gasteiger partial charge < -0.3 is 19.7 Å². The van der Waals surface area contributed by atoms with Gasteiger partial charge in [-0.25, -0.2) is 4.39 Å². The summed E-state index contributed by atoms with van der Waals surface area (Å²) in [5, 5.41) is 3.41. The fourth-order valence-electron chi connectivity index (χ4n) is 3.68. The predicted octanol–water partition coefficient (Wildman–Crippen LogP) is 2.44. The molecule has 0 aromatic heterocycles. The van der Waals surface area contributed by atoms with Crippen molar-refractivity contribution in [2.75, 3.05) is 59.5 Å². The van der Waals surface area contributed by atoms with Gasteiger partial charge in [-0.05, 0) is 43.5 Å². The van der Waals surface area contributed by atoms with Crippen molar-refractivity contribution in [2.45, 2.75) is 19.4 Å². The molecule has 6 nitrogen and oxygen atoms in total. The van der Waals surface area contributed by atoms with Crippen molar-refractivity contribution in [3.05, 3.63) is 30.1 Å². The van der Waals surface area contributed by atoms with E-state index in [0.29, 0.717) is 18.2 Å². The van der Waals surface area contributed by atoms with E-state index in [-0.39, 0.29) is 35.9 Å². The van der Waals surface area contributed by atoms with Gasteiger partial charge in [0.05, 0.1) is 19.8 Å². The fourth-order valence-corrected chi connectivity index (χ4v) is 3.68. The molecular weight excluding hydrogens is 474 g/mol. The van der Waals surface area contributed by atoms with Crippen LogP contribution in [0.2, 0.25) is 0 Å². The first-order chi connectivity index (χ1) is 13.1. The van der Waals surface area contributed by atoms with E-state index in [1.54, 1.807) is 12.1 Å². The molecule has 2 heterocycles. The van der Waals surface area contributed by atoms with E-state index in [1.165, 1.54) is 18.6 Å². The second-order valence-electron chi connectivity index (χ2n) is 7.32. The molecule has 0 radical (unpaired) electrons. The maximum Gasteiger partial charge on any atom is 0.193 e. The van der Waals surface area contributed by atoms with Crippen molar-refractivity contribution < 1.29 is 13.9 Å². The predicted molar refractivity (Wildman–Crippen MR) is 120 cm³/mol. The topological polar surface area (TPSA) is 49.3 Å². The average molecular weight is 506 g/mol. The monoisotopic (exact) mass is 506 g/mol. The van der Waals surface area contributed by atoms with Gasteiger partial charge in [0.25, 0.3) is 0 Å². The Kier molecular flexibility index (Phi) is 9.73. The number of hydrogen-bond donors (Lipinski definition) is 1. The molecule has 2 aliphatic rings. The third-order valence-corrected chi connectivity index (χ3v) is 5.12. The minimum atomic E-state index is -0.255. The molecule has 1 N–H and O–H groups in total. The quantitative estimate of drug-likeness (QED) is 0.365. The minimum absolute atomic E-state index is 0. The lowest BCUT2D eigenvalue weighted by molar-refractivity contribution is 0.0315. The first-order valence-corrected chi connectivity index (χ1v) is 9.82. The van der Waals surface area contributed by atoms with Crippen LogP contribution in [0.4, 0.5) is 4.39 Å². The van der Waals surface area contributed by atoms with E-state index in [4.69, 9.17) is 9.47 Å². The molecule has 0 aliphatic carbocycles. The first kappa shape index (κ1) is 23.2. The Balaban J connectivity index is 0.00000280. The summed E-state index contributed by atoms with van der Waals surface area (Å²) >= 11 is 0. The van der Waals surface area contributed by atoms with Crippen LogP contribution in [0.5, 0.6) is 5.75 Å². The standard InChI is InChI=1S/C20H31FN4O2.HI/c1-16(27-19-5-3-18(21)4-6-19)13-23-20(22-2)25-8-7-17(15-25)14-24-9-11-26-12-10-24;/h3-6,16-17H,7-15H2,1-2H3,(H,22,23);1H. The molecule has 158 valence electrons. The number of halogens is 2. The normalized spacial score (nSPS) is 21.9. The van der Waals surface area contributed by atoms with E-state index >= 15 is 0 Å². The molecule has 28 heavy (non-hydrogen) atoms. The van der Waals surface area contributed by atoms with Crippen LogP contribution in [0.3, 0.4) is 0 Å². The van der Waals surface area contributed by atoms with Crippen LogP contribution in [0.1, 0.15) is 13.3 Å². The third-order valence-electron chi connectivity index (χ3n) is 5.12. The van der Waals surface area contributed by atoms with E-state index in [1.807, 2.05) is 14.0 Å². The van der Waals surface area contributed by atoms with Crippen molar-refractivity contribution in [3.63, 3.8) is 0 Å². The Hall–Kier alpha value is -1.13. The number of morpholine rings is 1. The summed E-state index contributed by atoms with van der Waals surface area (Å²) in [6.45, 7) is 9.64. The number of hydrogen-bond acceptors (Lipinski definition) is 4. The second-order valence-corrected chi connectivity index (χ2v) is 7.32. The third kappa shape index (κ3) is 7.04. The Bertz CT molecular complexity index is 611. The average Bonchev–Trinajstić information content (AvgIpc) is 3.13. The lowest BCUT2D eigenvalue weighted by Gasteiger charge is -2.29.